The van der Waals surface area contributed by atoms with E-state index in [1.54, 1.807) is 23.1 Å². The van der Waals surface area contributed by atoms with Crippen molar-refractivity contribution in [3.8, 4) is 0 Å². The molecule has 0 radical (unpaired) electrons. The van der Waals surface area contributed by atoms with Crippen molar-refractivity contribution in [2.45, 2.75) is 25.7 Å². The number of rotatable bonds is 5. The standard InChI is InChI=1S/C15H15FN2O2S/c1-2-18(11-6-4-3-5-10(11)16)15-17-12(9-7-8-9)13(21-15)14(19)20/h3-6,9H,2,7-8H2,1H3,(H,19,20). The third-order valence-corrected chi connectivity index (χ3v) is 4.57. The van der Waals surface area contributed by atoms with Crippen molar-refractivity contribution in [2.24, 2.45) is 0 Å². The van der Waals surface area contributed by atoms with Gasteiger partial charge in [0.1, 0.15) is 10.7 Å². The minimum absolute atomic E-state index is 0.250. The van der Waals surface area contributed by atoms with E-state index in [-0.39, 0.29) is 16.6 Å². The minimum Gasteiger partial charge on any atom is -0.477 e. The molecule has 1 aliphatic rings. The summed E-state index contributed by atoms with van der Waals surface area (Å²) >= 11 is 1.12. The number of benzene rings is 1. The van der Waals surface area contributed by atoms with Crippen molar-refractivity contribution >= 4 is 28.1 Å². The second-order valence-electron chi connectivity index (χ2n) is 4.99. The van der Waals surface area contributed by atoms with E-state index in [1.165, 1.54) is 6.07 Å². The van der Waals surface area contributed by atoms with Crippen LogP contribution in [0.1, 0.15) is 41.0 Å². The molecule has 0 amide bonds. The van der Waals surface area contributed by atoms with Crippen LogP contribution in [-0.4, -0.2) is 22.6 Å². The smallest absolute Gasteiger partial charge is 0.347 e. The van der Waals surface area contributed by atoms with Crippen LogP contribution in [0.2, 0.25) is 0 Å². The topological polar surface area (TPSA) is 53.4 Å². The first kappa shape index (κ1) is 14.0. The Morgan fingerprint density at radius 2 is 2.19 bits per heavy atom. The first-order valence-corrected chi connectivity index (χ1v) is 7.69. The normalized spacial score (nSPS) is 14.2. The largest absolute Gasteiger partial charge is 0.477 e. The summed E-state index contributed by atoms with van der Waals surface area (Å²) in [6.07, 6.45) is 1.96. The van der Waals surface area contributed by atoms with Crippen LogP contribution in [0.5, 0.6) is 0 Å². The molecule has 4 nitrogen and oxygen atoms in total. The number of aromatic carboxylic acids is 1. The van der Waals surface area contributed by atoms with Gasteiger partial charge in [-0.3, -0.25) is 0 Å². The summed E-state index contributed by atoms with van der Waals surface area (Å²) in [5.41, 5.74) is 1.07. The highest BCUT2D eigenvalue weighted by Crippen LogP contribution is 2.45. The van der Waals surface area contributed by atoms with E-state index < -0.39 is 5.97 Å². The molecule has 0 atom stereocenters. The number of anilines is 2. The number of aromatic nitrogens is 1. The van der Waals surface area contributed by atoms with Gasteiger partial charge in [0, 0.05) is 12.5 Å². The summed E-state index contributed by atoms with van der Waals surface area (Å²) in [4.78, 5) is 17.8. The molecule has 3 rings (SSSR count). The molecule has 0 spiro atoms. The molecule has 110 valence electrons. The summed E-state index contributed by atoms with van der Waals surface area (Å²) in [5.74, 6) is -1.04. The highest BCUT2D eigenvalue weighted by atomic mass is 32.1. The number of halogens is 1. The Hall–Kier alpha value is -1.95. The number of hydrogen-bond acceptors (Lipinski definition) is 4. The second-order valence-corrected chi connectivity index (χ2v) is 5.96. The molecular formula is C15H15FN2O2S. The Morgan fingerprint density at radius 3 is 2.76 bits per heavy atom. The number of thiazole rings is 1. The SMILES string of the molecule is CCN(c1nc(C2CC2)c(C(=O)O)s1)c1ccccc1F. The molecule has 0 bridgehead atoms. The van der Waals surface area contributed by atoms with Crippen molar-refractivity contribution in [1.82, 2.24) is 4.98 Å². The Kier molecular flexibility index (Phi) is 3.63. The quantitative estimate of drug-likeness (QED) is 0.906. The van der Waals surface area contributed by atoms with Crippen LogP contribution in [0.25, 0.3) is 0 Å². The lowest BCUT2D eigenvalue weighted by Gasteiger charge is -2.20. The molecule has 0 aliphatic heterocycles. The number of carboxylic acids is 1. The van der Waals surface area contributed by atoms with E-state index >= 15 is 0 Å². The predicted octanol–water partition coefficient (Wildman–Crippen LogP) is 4.02. The fourth-order valence-corrected chi connectivity index (χ4v) is 3.37. The van der Waals surface area contributed by atoms with Crippen LogP contribution in [0.3, 0.4) is 0 Å². The van der Waals surface area contributed by atoms with Gasteiger partial charge in [-0.15, -0.1) is 0 Å². The maximum atomic E-state index is 14.0. The molecule has 1 heterocycles. The summed E-state index contributed by atoms with van der Waals surface area (Å²) in [7, 11) is 0. The number of nitrogens with zero attached hydrogens (tertiary/aromatic N) is 2. The monoisotopic (exact) mass is 306 g/mol. The van der Waals surface area contributed by atoms with E-state index in [2.05, 4.69) is 4.98 Å². The van der Waals surface area contributed by atoms with Crippen LogP contribution in [0, 0.1) is 5.82 Å². The lowest BCUT2D eigenvalue weighted by Crippen LogP contribution is -2.17. The second kappa shape index (κ2) is 5.44. The molecular weight excluding hydrogens is 291 g/mol. The average molecular weight is 306 g/mol. The summed E-state index contributed by atoms with van der Waals surface area (Å²) < 4.78 is 14.0. The van der Waals surface area contributed by atoms with Gasteiger partial charge in [-0.1, -0.05) is 23.5 Å². The molecule has 1 saturated carbocycles. The lowest BCUT2D eigenvalue weighted by atomic mass is 10.2. The van der Waals surface area contributed by atoms with Crippen molar-refractivity contribution in [2.75, 3.05) is 11.4 Å². The van der Waals surface area contributed by atoms with E-state index in [4.69, 9.17) is 0 Å². The van der Waals surface area contributed by atoms with Crippen LogP contribution in [0.15, 0.2) is 24.3 Å². The van der Waals surface area contributed by atoms with Crippen molar-refractivity contribution in [3.05, 3.63) is 40.7 Å². The predicted molar refractivity (Wildman–Crippen MR) is 80.1 cm³/mol. The average Bonchev–Trinajstić information content (AvgIpc) is 3.21. The van der Waals surface area contributed by atoms with Crippen molar-refractivity contribution in [3.63, 3.8) is 0 Å². The Labute approximate surface area is 125 Å². The van der Waals surface area contributed by atoms with Crippen LogP contribution >= 0.6 is 11.3 Å². The zero-order valence-corrected chi connectivity index (χ0v) is 12.4. The fourth-order valence-electron chi connectivity index (χ4n) is 2.30. The van der Waals surface area contributed by atoms with Crippen LogP contribution in [0.4, 0.5) is 15.2 Å². The molecule has 6 heteroatoms. The third-order valence-electron chi connectivity index (χ3n) is 3.49. The molecule has 2 aromatic rings. The highest BCUT2D eigenvalue weighted by Gasteiger charge is 2.33. The maximum absolute atomic E-state index is 14.0. The fraction of sp³-hybridized carbons (Fsp3) is 0.333. The number of carboxylic acid groups (broad SMARTS) is 1. The Morgan fingerprint density at radius 1 is 1.48 bits per heavy atom. The van der Waals surface area contributed by atoms with Gasteiger partial charge in [0.05, 0.1) is 11.4 Å². The number of para-hydroxylation sites is 1. The van der Waals surface area contributed by atoms with Gasteiger partial charge in [0.25, 0.3) is 0 Å². The number of carbonyl (C=O) groups is 1. The molecule has 1 N–H and O–H groups in total. The summed E-state index contributed by atoms with van der Waals surface area (Å²) in [6.45, 7) is 2.42. The molecule has 21 heavy (non-hydrogen) atoms. The summed E-state index contributed by atoms with van der Waals surface area (Å²) in [6, 6.07) is 6.46. The van der Waals surface area contributed by atoms with E-state index in [9.17, 15) is 14.3 Å². The van der Waals surface area contributed by atoms with E-state index in [1.807, 2.05) is 6.92 Å². The molecule has 0 unspecified atom stereocenters. The third kappa shape index (κ3) is 2.63. The Balaban J connectivity index is 2.03. The van der Waals surface area contributed by atoms with Gasteiger partial charge in [0.2, 0.25) is 0 Å². The van der Waals surface area contributed by atoms with Gasteiger partial charge in [-0.05, 0) is 31.9 Å². The van der Waals surface area contributed by atoms with Crippen molar-refractivity contribution in [1.29, 1.82) is 0 Å². The van der Waals surface area contributed by atoms with Crippen molar-refractivity contribution < 1.29 is 14.3 Å². The minimum atomic E-state index is -0.953. The molecule has 1 fully saturated rings. The molecule has 1 aromatic heterocycles. The lowest BCUT2D eigenvalue weighted by molar-refractivity contribution is 0.0700. The van der Waals surface area contributed by atoms with Crippen LogP contribution < -0.4 is 4.90 Å². The van der Waals surface area contributed by atoms with Crippen LogP contribution in [-0.2, 0) is 0 Å². The molecule has 1 aromatic carbocycles. The maximum Gasteiger partial charge on any atom is 0.347 e. The first-order chi connectivity index (χ1) is 10.1. The molecule has 0 saturated heterocycles. The Bertz CT molecular complexity index is 682. The van der Waals surface area contributed by atoms with Gasteiger partial charge in [0.15, 0.2) is 5.13 Å². The van der Waals surface area contributed by atoms with Gasteiger partial charge in [-0.25, -0.2) is 14.2 Å². The zero-order chi connectivity index (χ0) is 15.0. The van der Waals surface area contributed by atoms with Gasteiger partial charge >= 0.3 is 5.97 Å². The van der Waals surface area contributed by atoms with E-state index in [0.29, 0.717) is 23.1 Å². The highest BCUT2D eigenvalue weighted by molar-refractivity contribution is 7.17. The van der Waals surface area contributed by atoms with E-state index in [0.717, 1.165) is 24.2 Å². The number of hydrogen-bond donors (Lipinski definition) is 1. The van der Waals surface area contributed by atoms with Gasteiger partial charge in [-0.2, -0.15) is 0 Å². The first-order valence-electron chi connectivity index (χ1n) is 6.88. The van der Waals surface area contributed by atoms with Gasteiger partial charge < -0.3 is 10.0 Å². The zero-order valence-electron chi connectivity index (χ0n) is 11.5. The molecule has 1 aliphatic carbocycles. The summed E-state index contributed by atoms with van der Waals surface area (Å²) in [5, 5.41) is 9.86.